The van der Waals surface area contributed by atoms with E-state index in [4.69, 9.17) is 0 Å². The molecule has 0 heterocycles. The lowest BCUT2D eigenvalue weighted by molar-refractivity contribution is 0.655. The van der Waals surface area contributed by atoms with Crippen LogP contribution in [0.4, 0.5) is 0 Å². The molecule has 0 aliphatic carbocycles. The first-order valence-electron chi connectivity index (χ1n) is 8.90. The fourth-order valence-corrected chi connectivity index (χ4v) is 15.5. The minimum Gasteiger partial charge on any atom is -0.0921 e. The summed E-state index contributed by atoms with van der Waals surface area (Å²) in [5.74, 6) is 0. The van der Waals surface area contributed by atoms with Gasteiger partial charge in [-0.3, -0.25) is 0 Å². The molecule has 0 aliphatic rings. The highest BCUT2D eigenvalue weighted by atomic mass is 31.1. The molecule has 134 valence electrons. The van der Waals surface area contributed by atoms with Gasteiger partial charge in [0.05, 0.1) is 0 Å². The second-order valence-corrected chi connectivity index (χ2v) is 19.4. The Bertz CT molecular complexity index is 280. The van der Waals surface area contributed by atoms with Crippen molar-refractivity contribution < 1.29 is 0 Å². The van der Waals surface area contributed by atoms with Gasteiger partial charge in [-0.2, -0.15) is 0 Å². The third-order valence-corrected chi connectivity index (χ3v) is 12.9. The van der Waals surface area contributed by atoms with E-state index in [-0.39, 0.29) is 15.8 Å². The van der Waals surface area contributed by atoms with Gasteiger partial charge in [-0.05, 0) is 31.9 Å². The largest absolute Gasteiger partial charge is 0.0921 e. The van der Waals surface area contributed by atoms with Crippen molar-refractivity contribution in [2.24, 2.45) is 0 Å². The Balaban J connectivity index is 5.78. The normalized spacial score (nSPS) is 18.0. The van der Waals surface area contributed by atoms with Crippen molar-refractivity contribution >= 4 is 15.8 Å². The van der Waals surface area contributed by atoms with Gasteiger partial charge in [0, 0.05) is 0 Å². The van der Waals surface area contributed by atoms with Crippen molar-refractivity contribution in [2.45, 2.75) is 129 Å². The Morgan fingerprint density at radius 2 is 0.545 bits per heavy atom. The molecule has 0 aromatic heterocycles. The summed E-state index contributed by atoms with van der Waals surface area (Å²) in [6.07, 6.45) is 0. The van der Waals surface area contributed by atoms with E-state index < -0.39 is 0 Å². The standard InChI is InChI=1S/C20H44P2/c1-15(21(17(3,4)5)18(6,7)8)16(2)22(19(9,10)11)20(12,13)14/h15-16H,1-14H3. The molecule has 0 N–H and O–H groups in total. The molecule has 0 aliphatic heterocycles. The molecule has 0 saturated carbocycles. The van der Waals surface area contributed by atoms with Crippen LogP contribution in [0.3, 0.4) is 0 Å². The van der Waals surface area contributed by atoms with Crippen molar-refractivity contribution in [3.8, 4) is 0 Å². The predicted octanol–water partition coefficient (Wildman–Crippen LogP) is 7.92. The summed E-state index contributed by atoms with van der Waals surface area (Å²) in [5.41, 5.74) is 1.61. The second-order valence-electron chi connectivity index (χ2n) is 10.9. The summed E-state index contributed by atoms with van der Waals surface area (Å²) in [7, 11) is -0.108. The van der Waals surface area contributed by atoms with E-state index in [9.17, 15) is 0 Å². The minimum atomic E-state index is -0.0539. The molecule has 0 aromatic carbocycles. The molecular weight excluding hydrogens is 302 g/mol. The lowest BCUT2D eigenvalue weighted by atomic mass is 10.2. The zero-order valence-corrected chi connectivity index (χ0v) is 19.8. The number of rotatable bonds is 3. The van der Waals surface area contributed by atoms with Crippen LogP contribution in [-0.2, 0) is 0 Å². The first-order chi connectivity index (χ1) is 9.31. The van der Waals surface area contributed by atoms with Crippen LogP contribution in [0.15, 0.2) is 0 Å². The third-order valence-electron chi connectivity index (χ3n) is 4.40. The van der Waals surface area contributed by atoms with Gasteiger partial charge in [0.15, 0.2) is 0 Å². The summed E-state index contributed by atoms with van der Waals surface area (Å²) >= 11 is 0. The van der Waals surface area contributed by atoms with Crippen LogP contribution >= 0.6 is 15.8 Å². The maximum atomic E-state index is 2.56. The molecule has 0 spiro atoms. The Morgan fingerprint density at radius 3 is 0.636 bits per heavy atom. The molecule has 0 saturated heterocycles. The molecule has 2 heteroatoms. The molecule has 0 radical (unpaired) electrons. The van der Waals surface area contributed by atoms with Crippen LogP contribution in [0.5, 0.6) is 0 Å². The first-order valence-corrected chi connectivity index (χ1v) is 11.7. The van der Waals surface area contributed by atoms with E-state index >= 15 is 0 Å². The average Bonchev–Trinajstić information content (AvgIpc) is 2.06. The quantitative estimate of drug-likeness (QED) is 0.455. The zero-order chi connectivity index (χ0) is 18.3. The lowest BCUT2D eigenvalue weighted by Crippen LogP contribution is -2.39. The Labute approximate surface area is 145 Å². The maximum absolute atomic E-state index is 2.56. The molecule has 0 amide bonds. The van der Waals surface area contributed by atoms with Gasteiger partial charge >= 0.3 is 0 Å². The average molecular weight is 347 g/mol. The van der Waals surface area contributed by atoms with Crippen LogP contribution in [0.1, 0.15) is 96.9 Å². The zero-order valence-electron chi connectivity index (χ0n) is 18.0. The Hall–Kier alpha value is 0.860. The van der Waals surface area contributed by atoms with Gasteiger partial charge in [0.2, 0.25) is 0 Å². The molecule has 0 fully saturated rings. The van der Waals surface area contributed by atoms with Crippen molar-refractivity contribution in [3.05, 3.63) is 0 Å². The second kappa shape index (κ2) is 7.00. The third kappa shape index (κ3) is 6.06. The smallest absolute Gasteiger partial charge is 0.0163 e. The van der Waals surface area contributed by atoms with E-state index in [0.717, 1.165) is 11.3 Å². The lowest BCUT2D eigenvalue weighted by Gasteiger charge is -2.53. The fraction of sp³-hybridized carbons (Fsp3) is 1.00. The van der Waals surface area contributed by atoms with Crippen molar-refractivity contribution in [1.82, 2.24) is 0 Å². The van der Waals surface area contributed by atoms with Gasteiger partial charge in [0.1, 0.15) is 0 Å². The Kier molecular flexibility index (Phi) is 7.27. The van der Waals surface area contributed by atoms with Gasteiger partial charge < -0.3 is 0 Å². The fourth-order valence-electron chi connectivity index (χ4n) is 4.89. The molecular formula is C20H44P2. The van der Waals surface area contributed by atoms with E-state index in [1.165, 1.54) is 0 Å². The van der Waals surface area contributed by atoms with Crippen LogP contribution in [-0.4, -0.2) is 31.9 Å². The van der Waals surface area contributed by atoms with Gasteiger partial charge in [0.25, 0.3) is 0 Å². The van der Waals surface area contributed by atoms with Crippen LogP contribution in [0.25, 0.3) is 0 Å². The van der Waals surface area contributed by atoms with Gasteiger partial charge in [-0.15, -0.1) is 0 Å². The molecule has 0 rings (SSSR count). The Morgan fingerprint density at radius 1 is 0.409 bits per heavy atom. The minimum absolute atomic E-state index is 0.0539. The van der Waals surface area contributed by atoms with Crippen molar-refractivity contribution in [1.29, 1.82) is 0 Å². The van der Waals surface area contributed by atoms with Crippen molar-refractivity contribution in [3.63, 3.8) is 0 Å². The molecule has 0 aromatic rings. The summed E-state index contributed by atoms with van der Waals surface area (Å²) in [6.45, 7) is 34.7. The molecule has 0 nitrogen and oxygen atoms in total. The van der Waals surface area contributed by atoms with Crippen LogP contribution in [0.2, 0.25) is 0 Å². The highest BCUT2D eigenvalue weighted by Gasteiger charge is 2.46. The van der Waals surface area contributed by atoms with E-state index in [0.29, 0.717) is 20.6 Å². The summed E-state index contributed by atoms with van der Waals surface area (Å²) in [4.78, 5) is 0. The van der Waals surface area contributed by atoms with E-state index in [1.54, 1.807) is 0 Å². The van der Waals surface area contributed by atoms with Gasteiger partial charge in [-0.25, -0.2) is 0 Å². The predicted molar refractivity (Wildman–Crippen MR) is 112 cm³/mol. The summed E-state index contributed by atoms with van der Waals surface area (Å²) in [6, 6.07) is 0. The van der Waals surface area contributed by atoms with Crippen LogP contribution in [0, 0.1) is 0 Å². The molecule has 22 heavy (non-hydrogen) atoms. The first kappa shape index (κ1) is 22.9. The van der Waals surface area contributed by atoms with E-state index in [1.807, 2.05) is 0 Å². The highest BCUT2D eigenvalue weighted by molar-refractivity contribution is 7.65. The van der Waals surface area contributed by atoms with Crippen LogP contribution < -0.4 is 0 Å². The topological polar surface area (TPSA) is 0 Å². The SMILES string of the molecule is CC(C(C)P(C(C)(C)C)C(C)(C)C)P(C(C)(C)C)C(C)(C)C. The number of hydrogen-bond acceptors (Lipinski definition) is 0. The van der Waals surface area contributed by atoms with E-state index in [2.05, 4.69) is 96.9 Å². The monoisotopic (exact) mass is 346 g/mol. The van der Waals surface area contributed by atoms with Gasteiger partial charge in [-0.1, -0.05) is 113 Å². The van der Waals surface area contributed by atoms with Crippen molar-refractivity contribution in [2.75, 3.05) is 0 Å². The molecule has 2 unspecified atom stereocenters. The molecule has 2 atom stereocenters. The summed E-state index contributed by atoms with van der Waals surface area (Å²) in [5, 5.41) is 1.66. The molecule has 0 bridgehead atoms. The highest BCUT2D eigenvalue weighted by Crippen LogP contribution is 2.70. The summed E-state index contributed by atoms with van der Waals surface area (Å²) < 4.78 is 0. The number of hydrogen-bond donors (Lipinski definition) is 0. The maximum Gasteiger partial charge on any atom is -0.0163 e.